The van der Waals surface area contributed by atoms with Crippen molar-refractivity contribution in [1.82, 2.24) is 5.32 Å². The standard InChI is InChI=1S/C14H22ClNO/c1-3-14(16-10-5-11-17-4-2)12-6-8-13(15)9-7-12/h6-9,14,16H,3-5,10-11H2,1-2H3. The second kappa shape index (κ2) is 8.51. The van der Waals surface area contributed by atoms with Crippen molar-refractivity contribution >= 4 is 11.6 Å². The number of hydrogen-bond donors (Lipinski definition) is 1. The summed E-state index contributed by atoms with van der Waals surface area (Å²) in [6.45, 7) is 6.83. The number of hydrogen-bond acceptors (Lipinski definition) is 2. The van der Waals surface area contributed by atoms with Gasteiger partial charge in [0.1, 0.15) is 0 Å². The van der Waals surface area contributed by atoms with Crippen molar-refractivity contribution in [2.45, 2.75) is 32.7 Å². The second-order valence-electron chi connectivity index (χ2n) is 4.02. The summed E-state index contributed by atoms with van der Waals surface area (Å²) in [5.74, 6) is 0. The van der Waals surface area contributed by atoms with E-state index >= 15 is 0 Å². The van der Waals surface area contributed by atoms with Crippen LogP contribution in [-0.2, 0) is 4.74 Å². The lowest BCUT2D eigenvalue weighted by Gasteiger charge is -2.17. The maximum Gasteiger partial charge on any atom is 0.0477 e. The number of ether oxygens (including phenoxy) is 1. The summed E-state index contributed by atoms with van der Waals surface area (Å²) in [5.41, 5.74) is 1.30. The Morgan fingerprint density at radius 2 is 1.94 bits per heavy atom. The lowest BCUT2D eigenvalue weighted by atomic mass is 10.0. The summed E-state index contributed by atoms with van der Waals surface area (Å²) in [6.07, 6.45) is 2.13. The summed E-state index contributed by atoms with van der Waals surface area (Å²) in [7, 11) is 0. The van der Waals surface area contributed by atoms with Gasteiger partial charge in [0.05, 0.1) is 0 Å². The molecule has 0 bridgehead atoms. The molecule has 3 heteroatoms. The molecule has 0 amide bonds. The molecule has 0 heterocycles. The van der Waals surface area contributed by atoms with Crippen molar-refractivity contribution in [2.24, 2.45) is 0 Å². The van der Waals surface area contributed by atoms with Crippen LogP contribution in [0.2, 0.25) is 5.02 Å². The van der Waals surface area contributed by atoms with Gasteiger partial charge >= 0.3 is 0 Å². The molecule has 0 aliphatic carbocycles. The Hall–Kier alpha value is -0.570. The highest BCUT2D eigenvalue weighted by Crippen LogP contribution is 2.18. The van der Waals surface area contributed by atoms with Crippen molar-refractivity contribution in [3.05, 3.63) is 34.9 Å². The first-order valence-electron chi connectivity index (χ1n) is 6.34. The first-order valence-corrected chi connectivity index (χ1v) is 6.72. The normalized spacial score (nSPS) is 12.6. The molecule has 2 nitrogen and oxygen atoms in total. The third-order valence-corrected chi connectivity index (χ3v) is 2.99. The van der Waals surface area contributed by atoms with Gasteiger partial charge in [0.2, 0.25) is 0 Å². The molecular formula is C14H22ClNO. The van der Waals surface area contributed by atoms with E-state index in [-0.39, 0.29) is 0 Å². The highest BCUT2D eigenvalue weighted by Gasteiger charge is 2.07. The molecule has 1 unspecified atom stereocenters. The zero-order chi connectivity index (χ0) is 12.5. The van der Waals surface area contributed by atoms with Gasteiger partial charge in [-0.3, -0.25) is 0 Å². The summed E-state index contributed by atoms with van der Waals surface area (Å²) in [6, 6.07) is 8.48. The number of rotatable bonds is 8. The molecule has 0 fully saturated rings. The third-order valence-electron chi connectivity index (χ3n) is 2.74. The van der Waals surface area contributed by atoms with Crippen molar-refractivity contribution in [3.8, 4) is 0 Å². The zero-order valence-electron chi connectivity index (χ0n) is 10.7. The molecule has 0 saturated heterocycles. The average molecular weight is 256 g/mol. The van der Waals surface area contributed by atoms with Crippen molar-refractivity contribution in [2.75, 3.05) is 19.8 Å². The van der Waals surface area contributed by atoms with Crippen LogP contribution in [0, 0.1) is 0 Å². The van der Waals surface area contributed by atoms with Crippen LogP contribution < -0.4 is 5.32 Å². The van der Waals surface area contributed by atoms with Crippen molar-refractivity contribution in [1.29, 1.82) is 0 Å². The number of nitrogens with one attached hydrogen (secondary N) is 1. The highest BCUT2D eigenvalue weighted by atomic mass is 35.5. The van der Waals surface area contributed by atoms with Crippen LogP contribution in [0.4, 0.5) is 0 Å². The van der Waals surface area contributed by atoms with Gasteiger partial charge in [-0.05, 0) is 44.0 Å². The Labute approximate surface area is 109 Å². The summed E-state index contributed by atoms with van der Waals surface area (Å²) in [4.78, 5) is 0. The van der Waals surface area contributed by atoms with Crippen LogP contribution in [-0.4, -0.2) is 19.8 Å². The van der Waals surface area contributed by atoms with Gasteiger partial charge in [-0.1, -0.05) is 30.7 Å². The topological polar surface area (TPSA) is 21.3 Å². The maximum absolute atomic E-state index is 5.88. The van der Waals surface area contributed by atoms with E-state index in [1.54, 1.807) is 0 Å². The van der Waals surface area contributed by atoms with Gasteiger partial charge in [-0.15, -0.1) is 0 Å². The molecule has 1 aromatic rings. The van der Waals surface area contributed by atoms with Gasteiger partial charge < -0.3 is 10.1 Å². The van der Waals surface area contributed by atoms with E-state index in [9.17, 15) is 0 Å². The molecule has 1 atom stereocenters. The Morgan fingerprint density at radius 3 is 2.53 bits per heavy atom. The van der Waals surface area contributed by atoms with Gasteiger partial charge in [0, 0.05) is 24.3 Å². The fourth-order valence-corrected chi connectivity index (χ4v) is 1.91. The van der Waals surface area contributed by atoms with Gasteiger partial charge in [0.15, 0.2) is 0 Å². The van der Waals surface area contributed by atoms with Crippen LogP contribution in [0.1, 0.15) is 38.3 Å². The lowest BCUT2D eigenvalue weighted by molar-refractivity contribution is 0.144. The number of benzene rings is 1. The zero-order valence-corrected chi connectivity index (χ0v) is 11.5. The smallest absolute Gasteiger partial charge is 0.0477 e. The van der Waals surface area contributed by atoms with Crippen LogP contribution in [0.5, 0.6) is 0 Å². The SMILES string of the molecule is CCOCCCNC(CC)c1ccc(Cl)cc1. The monoisotopic (exact) mass is 255 g/mol. The molecule has 0 radical (unpaired) electrons. The molecule has 96 valence electrons. The minimum atomic E-state index is 0.411. The molecule has 1 N–H and O–H groups in total. The third kappa shape index (κ3) is 5.53. The second-order valence-corrected chi connectivity index (χ2v) is 4.45. The van der Waals surface area contributed by atoms with E-state index in [0.29, 0.717) is 6.04 Å². The summed E-state index contributed by atoms with van der Waals surface area (Å²) >= 11 is 5.88. The molecule has 0 aliphatic heterocycles. The predicted molar refractivity (Wildman–Crippen MR) is 73.6 cm³/mol. The average Bonchev–Trinajstić information content (AvgIpc) is 2.35. The molecule has 0 spiro atoms. The molecule has 1 rings (SSSR count). The maximum atomic E-state index is 5.88. The Kier molecular flexibility index (Phi) is 7.25. The first kappa shape index (κ1) is 14.5. The fourth-order valence-electron chi connectivity index (χ4n) is 1.79. The van der Waals surface area contributed by atoms with E-state index < -0.39 is 0 Å². The van der Waals surface area contributed by atoms with Gasteiger partial charge in [-0.2, -0.15) is 0 Å². The summed E-state index contributed by atoms with van der Waals surface area (Å²) in [5, 5.41) is 4.33. The van der Waals surface area contributed by atoms with Crippen molar-refractivity contribution < 1.29 is 4.74 Å². The van der Waals surface area contributed by atoms with Crippen LogP contribution >= 0.6 is 11.6 Å². The van der Waals surface area contributed by atoms with E-state index in [0.717, 1.165) is 37.6 Å². The fraction of sp³-hybridized carbons (Fsp3) is 0.571. The Balaban J connectivity index is 2.35. The minimum Gasteiger partial charge on any atom is -0.382 e. The van der Waals surface area contributed by atoms with Crippen LogP contribution in [0.15, 0.2) is 24.3 Å². The van der Waals surface area contributed by atoms with Crippen molar-refractivity contribution in [3.63, 3.8) is 0 Å². The minimum absolute atomic E-state index is 0.411. The predicted octanol–water partition coefficient (Wildman–Crippen LogP) is 3.81. The summed E-state index contributed by atoms with van der Waals surface area (Å²) < 4.78 is 5.31. The first-order chi connectivity index (χ1) is 8.27. The molecule has 17 heavy (non-hydrogen) atoms. The van der Waals surface area contributed by atoms with E-state index in [2.05, 4.69) is 24.4 Å². The molecule has 0 aliphatic rings. The van der Waals surface area contributed by atoms with E-state index in [4.69, 9.17) is 16.3 Å². The number of halogens is 1. The van der Waals surface area contributed by atoms with E-state index in [1.165, 1.54) is 5.56 Å². The Morgan fingerprint density at radius 1 is 1.24 bits per heavy atom. The molecule has 0 aromatic heterocycles. The largest absolute Gasteiger partial charge is 0.382 e. The van der Waals surface area contributed by atoms with E-state index in [1.807, 2.05) is 19.1 Å². The van der Waals surface area contributed by atoms with Crippen LogP contribution in [0.3, 0.4) is 0 Å². The quantitative estimate of drug-likeness (QED) is 0.714. The highest BCUT2D eigenvalue weighted by molar-refractivity contribution is 6.30. The van der Waals surface area contributed by atoms with Gasteiger partial charge in [0.25, 0.3) is 0 Å². The van der Waals surface area contributed by atoms with Crippen LogP contribution in [0.25, 0.3) is 0 Å². The lowest BCUT2D eigenvalue weighted by Crippen LogP contribution is -2.22. The van der Waals surface area contributed by atoms with Gasteiger partial charge in [-0.25, -0.2) is 0 Å². The Bertz CT molecular complexity index is 300. The molecule has 0 saturated carbocycles. The molecular weight excluding hydrogens is 234 g/mol. The molecule has 1 aromatic carbocycles.